The molecular weight excluding hydrogens is 266 g/mol. The number of hydrogen-bond donors (Lipinski definition) is 1. The standard InChI is InChI=1S/C17H21NO3/c1-21-16-7-2-12(3-8-16)4-9-17(20)18-13-5-6-14(18)11-15(19)10-13/h2-4,7-9,13-15,19H,5-6,10-11H2,1H3. The predicted octanol–water partition coefficient (Wildman–Crippen LogP) is 2.22. The maximum atomic E-state index is 12.4. The lowest BCUT2D eigenvalue weighted by molar-refractivity contribution is -0.131. The van der Waals surface area contributed by atoms with Gasteiger partial charge in [0.05, 0.1) is 13.2 Å². The van der Waals surface area contributed by atoms with E-state index in [2.05, 4.69) is 0 Å². The molecule has 4 nitrogen and oxygen atoms in total. The highest BCUT2D eigenvalue weighted by atomic mass is 16.5. The van der Waals surface area contributed by atoms with Crippen LogP contribution in [0.25, 0.3) is 6.08 Å². The zero-order valence-corrected chi connectivity index (χ0v) is 12.2. The van der Waals surface area contributed by atoms with E-state index in [0.29, 0.717) is 0 Å². The highest BCUT2D eigenvalue weighted by Crippen LogP contribution is 2.35. The van der Waals surface area contributed by atoms with Gasteiger partial charge in [-0.2, -0.15) is 0 Å². The summed E-state index contributed by atoms with van der Waals surface area (Å²) in [5.74, 6) is 0.867. The Morgan fingerprint density at radius 1 is 1.24 bits per heavy atom. The van der Waals surface area contributed by atoms with E-state index in [1.54, 1.807) is 13.2 Å². The van der Waals surface area contributed by atoms with E-state index in [-0.39, 0.29) is 24.1 Å². The number of carbonyl (C=O) groups is 1. The first-order valence-corrected chi connectivity index (χ1v) is 7.50. The Morgan fingerprint density at radius 3 is 2.43 bits per heavy atom. The minimum Gasteiger partial charge on any atom is -0.497 e. The van der Waals surface area contributed by atoms with Gasteiger partial charge >= 0.3 is 0 Å². The Kier molecular flexibility index (Phi) is 3.97. The number of methoxy groups -OCH3 is 1. The molecule has 0 aliphatic carbocycles. The van der Waals surface area contributed by atoms with Crippen LogP contribution in [0.15, 0.2) is 30.3 Å². The number of fused-ring (bicyclic) bond motifs is 2. The number of rotatable bonds is 3. The molecule has 1 aromatic carbocycles. The van der Waals surface area contributed by atoms with Crippen molar-refractivity contribution in [3.63, 3.8) is 0 Å². The van der Waals surface area contributed by atoms with E-state index in [0.717, 1.165) is 37.0 Å². The average molecular weight is 287 g/mol. The summed E-state index contributed by atoms with van der Waals surface area (Å²) in [5.41, 5.74) is 0.980. The van der Waals surface area contributed by atoms with Crippen LogP contribution >= 0.6 is 0 Å². The van der Waals surface area contributed by atoms with Crippen molar-refractivity contribution < 1.29 is 14.6 Å². The third kappa shape index (κ3) is 2.95. The number of amides is 1. The molecule has 2 aliphatic heterocycles. The molecule has 2 fully saturated rings. The summed E-state index contributed by atoms with van der Waals surface area (Å²) < 4.78 is 5.11. The summed E-state index contributed by atoms with van der Waals surface area (Å²) in [4.78, 5) is 14.4. The van der Waals surface area contributed by atoms with Gasteiger partial charge in [-0.25, -0.2) is 0 Å². The van der Waals surface area contributed by atoms with Gasteiger partial charge in [0, 0.05) is 18.2 Å². The molecule has 2 saturated heterocycles. The Hall–Kier alpha value is -1.81. The van der Waals surface area contributed by atoms with E-state index >= 15 is 0 Å². The summed E-state index contributed by atoms with van der Waals surface area (Å²) in [7, 11) is 1.63. The molecule has 2 heterocycles. The smallest absolute Gasteiger partial charge is 0.247 e. The first kappa shape index (κ1) is 14.1. The number of hydrogen-bond acceptors (Lipinski definition) is 3. The fourth-order valence-electron chi connectivity index (χ4n) is 3.48. The molecule has 0 saturated carbocycles. The fourth-order valence-corrected chi connectivity index (χ4v) is 3.48. The van der Waals surface area contributed by atoms with Crippen molar-refractivity contribution in [3.8, 4) is 5.75 Å². The number of carbonyl (C=O) groups excluding carboxylic acids is 1. The second-order valence-electron chi connectivity index (χ2n) is 5.86. The van der Waals surface area contributed by atoms with Gasteiger partial charge in [-0.1, -0.05) is 12.1 Å². The van der Waals surface area contributed by atoms with Crippen LogP contribution in [0, 0.1) is 0 Å². The average Bonchev–Trinajstić information content (AvgIpc) is 2.77. The highest BCUT2D eigenvalue weighted by Gasteiger charge is 2.41. The van der Waals surface area contributed by atoms with Crippen LogP contribution in [0.3, 0.4) is 0 Å². The van der Waals surface area contributed by atoms with Gasteiger partial charge in [-0.3, -0.25) is 4.79 Å². The van der Waals surface area contributed by atoms with Crippen molar-refractivity contribution in [3.05, 3.63) is 35.9 Å². The Balaban J connectivity index is 1.67. The fraction of sp³-hybridized carbons (Fsp3) is 0.471. The molecule has 0 spiro atoms. The number of nitrogens with zero attached hydrogens (tertiary/aromatic N) is 1. The van der Waals surface area contributed by atoms with Gasteiger partial charge in [-0.15, -0.1) is 0 Å². The van der Waals surface area contributed by atoms with Crippen LogP contribution < -0.4 is 4.74 Å². The molecule has 2 unspecified atom stereocenters. The summed E-state index contributed by atoms with van der Waals surface area (Å²) in [6, 6.07) is 8.04. The lowest BCUT2D eigenvalue weighted by atomic mass is 10.00. The molecule has 1 aromatic rings. The maximum absolute atomic E-state index is 12.4. The summed E-state index contributed by atoms with van der Waals surface area (Å²) >= 11 is 0. The zero-order chi connectivity index (χ0) is 14.8. The summed E-state index contributed by atoms with van der Waals surface area (Å²) in [5, 5.41) is 9.78. The minimum absolute atomic E-state index is 0.0604. The van der Waals surface area contributed by atoms with Crippen molar-refractivity contribution in [2.75, 3.05) is 7.11 Å². The minimum atomic E-state index is -0.239. The highest BCUT2D eigenvalue weighted by molar-refractivity contribution is 5.92. The number of piperidine rings is 1. The Labute approximate surface area is 125 Å². The van der Waals surface area contributed by atoms with Gasteiger partial charge in [0.15, 0.2) is 0 Å². The van der Waals surface area contributed by atoms with E-state index in [1.165, 1.54) is 0 Å². The molecule has 2 aliphatic rings. The molecule has 0 radical (unpaired) electrons. The number of benzene rings is 1. The molecule has 2 atom stereocenters. The SMILES string of the molecule is COc1ccc(C=CC(=O)N2C3CCC2CC(O)C3)cc1. The summed E-state index contributed by atoms with van der Waals surface area (Å²) in [6.07, 6.45) is 6.72. The molecule has 4 heteroatoms. The predicted molar refractivity (Wildman–Crippen MR) is 80.9 cm³/mol. The summed E-state index contributed by atoms with van der Waals surface area (Å²) in [6.45, 7) is 0. The van der Waals surface area contributed by atoms with Crippen molar-refractivity contribution in [1.82, 2.24) is 4.90 Å². The van der Waals surface area contributed by atoms with Crippen LogP contribution in [0.5, 0.6) is 5.75 Å². The van der Waals surface area contributed by atoms with Crippen LogP contribution in [0.1, 0.15) is 31.2 Å². The van der Waals surface area contributed by atoms with Crippen molar-refractivity contribution in [1.29, 1.82) is 0 Å². The van der Waals surface area contributed by atoms with E-state index in [4.69, 9.17) is 4.74 Å². The molecule has 0 aromatic heterocycles. The van der Waals surface area contributed by atoms with Crippen molar-refractivity contribution in [2.24, 2.45) is 0 Å². The second kappa shape index (κ2) is 5.90. The lowest BCUT2D eigenvalue weighted by Gasteiger charge is -2.36. The first-order valence-electron chi connectivity index (χ1n) is 7.50. The zero-order valence-electron chi connectivity index (χ0n) is 12.2. The lowest BCUT2D eigenvalue weighted by Crippen LogP contribution is -2.47. The van der Waals surface area contributed by atoms with Gasteiger partial charge < -0.3 is 14.7 Å². The van der Waals surface area contributed by atoms with Gasteiger partial charge in [-0.05, 0) is 49.5 Å². The van der Waals surface area contributed by atoms with Gasteiger partial charge in [0.1, 0.15) is 5.75 Å². The third-order valence-electron chi connectivity index (χ3n) is 4.50. The monoisotopic (exact) mass is 287 g/mol. The van der Waals surface area contributed by atoms with Crippen LogP contribution in [0.4, 0.5) is 0 Å². The first-order chi connectivity index (χ1) is 10.2. The van der Waals surface area contributed by atoms with E-state index in [1.807, 2.05) is 35.2 Å². The molecule has 112 valence electrons. The molecule has 2 bridgehead atoms. The largest absolute Gasteiger partial charge is 0.497 e. The number of aliphatic hydroxyl groups excluding tert-OH is 1. The van der Waals surface area contributed by atoms with E-state index < -0.39 is 0 Å². The molecular formula is C17H21NO3. The molecule has 1 amide bonds. The quantitative estimate of drug-likeness (QED) is 0.867. The van der Waals surface area contributed by atoms with Crippen molar-refractivity contribution in [2.45, 2.75) is 43.9 Å². The molecule has 1 N–H and O–H groups in total. The second-order valence-corrected chi connectivity index (χ2v) is 5.86. The number of ether oxygens (including phenoxy) is 1. The number of aliphatic hydroxyl groups is 1. The normalized spacial score (nSPS) is 28.1. The molecule has 3 rings (SSSR count). The van der Waals surface area contributed by atoms with Crippen molar-refractivity contribution >= 4 is 12.0 Å². The molecule has 21 heavy (non-hydrogen) atoms. The van der Waals surface area contributed by atoms with Gasteiger partial charge in [0.25, 0.3) is 0 Å². The topological polar surface area (TPSA) is 49.8 Å². The van der Waals surface area contributed by atoms with Gasteiger partial charge in [0.2, 0.25) is 5.91 Å². The van der Waals surface area contributed by atoms with E-state index in [9.17, 15) is 9.90 Å². The third-order valence-corrected chi connectivity index (χ3v) is 4.50. The Morgan fingerprint density at radius 2 is 1.86 bits per heavy atom. The Bertz CT molecular complexity index is 523. The van der Waals surface area contributed by atoms with Crippen LogP contribution in [-0.4, -0.2) is 41.2 Å². The van der Waals surface area contributed by atoms with Crippen LogP contribution in [0.2, 0.25) is 0 Å². The van der Waals surface area contributed by atoms with Crippen LogP contribution in [-0.2, 0) is 4.79 Å². The maximum Gasteiger partial charge on any atom is 0.247 e.